The molecule has 0 unspecified atom stereocenters. The maximum Gasteiger partial charge on any atom is 0.345 e. The average molecular weight is 369 g/mol. The molecule has 0 saturated carbocycles. The molecule has 0 atom stereocenters. The highest BCUT2D eigenvalue weighted by Gasteiger charge is 2.35. The number of hydrogen-bond acceptors (Lipinski definition) is 5. The lowest BCUT2D eigenvalue weighted by Gasteiger charge is -2.10. The average Bonchev–Trinajstić information content (AvgIpc) is 2.51. The molecule has 0 heterocycles. The number of non-ortho nitro benzene ring substituents is 1. The molecule has 0 bridgehead atoms. The van der Waals surface area contributed by atoms with E-state index in [2.05, 4.69) is 4.18 Å². The van der Waals surface area contributed by atoms with Crippen LogP contribution in [-0.4, -0.2) is 13.3 Å². The van der Waals surface area contributed by atoms with Crippen LogP contribution in [0.3, 0.4) is 0 Å². The van der Waals surface area contributed by atoms with Crippen LogP contribution in [0.15, 0.2) is 29.2 Å². The minimum absolute atomic E-state index is 0.448. The van der Waals surface area contributed by atoms with E-state index < -0.39 is 60.5 Å². The summed E-state index contributed by atoms with van der Waals surface area (Å²) in [6.45, 7) is 0. The lowest BCUT2D eigenvalue weighted by Crippen LogP contribution is -2.17. The van der Waals surface area contributed by atoms with Gasteiger partial charge in [0.15, 0.2) is 28.2 Å². The Morgan fingerprint density at radius 1 is 0.833 bits per heavy atom. The molecule has 6 nitrogen and oxygen atoms in total. The van der Waals surface area contributed by atoms with Gasteiger partial charge >= 0.3 is 10.1 Å². The van der Waals surface area contributed by atoms with Crippen LogP contribution in [0.1, 0.15) is 0 Å². The van der Waals surface area contributed by atoms with Gasteiger partial charge < -0.3 is 4.18 Å². The van der Waals surface area contributed by atoms with E-state index in [-0.39, 0.29) is 0 Å². The number of rotatable bonds is 4. The van der Waals surface area contributed by atoms with E-state index in [0.717, 1.165) is 24.3 Å². The zero-order valence-electron chi connectivity index (χ0n) is 11.1. The van der Waals surface area contributed by atoms with Gasteiger partial charge in [0, 0.05) is 12.1 Å². The molecule has 0 aliphatic rings. The van der Waals surface area contributed by atoms with Crippen molar-refractivity contribution in [3.63, 3.8) is 0 Å². The molecule has 0 saturated heterocycles. The molecule has 0 aliphatic heterocycles. The Morgan fingerprint density at radius 3 is 1.67 bits per heavy atom. The second-order valence-corrected chi connectivity index (χ2v) is 5.67. The van der Waals surface area contributed by atoms with Crippen LogP contribution in [0.4, 0.5) is 27.6 Å². The van der Waals surface area contributed by atoms with Crippen molar-refractivity contribution in [2.24, 2.45) is 0 Å². The minimum Gasteiger partial charge on any atom is -0.379 e. The third-order valence-corrected chi connectivity index (χ3v) is 3.94. The van der Waals surface area contributed by atoms with Crippen molar-refractivity contribution in [1.29, 1.82) is 0 Å². The highest BCUT2D eigenvalue weighted by atomic mass is 32.2. The first-order valence-electron chi connectivity index (χ1n) is 5.76. The molecule has 0 amide bonds. The Labute approximate surface area is 130 Å². The van der Waals surface area contributed by atoms with Crippen molar-refractivity contribution in [1.82, 2.24) is 0 Å². The topological polar surface area (TPSA) is 86.5 Å². The van der Waals surface area contributed by atoms with Crippen LogP contribution in [0, 0.1) is 39.2 Å². The number of nitro benzene ring substituents is 1. The molecular formula is C12H4F5NO5S. The number of halogens is 5. The Balaban J connectivity index is 2.50. The molecule has 2 aromatic rings. The maximum atomic E-state index is 13.5. The first-order valence-corrected chi connectivity index (χ1v) is 7.17. The van der Waals surface area contributed by atoms with Crippen molar-refractivity contribution in [3.05, 3.63) is 63.5 Å². The predicted molar refractivity (Wildman–Crippen MR) is 67.1 cm³/mol. The molecule has 0 aliphatic carbocycles. The first-order chi connectivity index (χ1) is 11.1. The van der Waals surface area contributed by atoms with Gasteiger partial charge in [0.2, 0.25) is 5.82 Å². The maximum absolute atomic E-state index is 13.5. The largest absolute Gasteiger partial charge is 0.379 e. The van der Waals surface area contributed by atoms with E-state index in [1.54, 1.807) is 0 Å². The zero-order valence-corrected chi connectivity index (χ0v) is 11.9. The quantitative estimate of drug-likeness (QED) is 0.206. The van der Waals surface area contributed by atoms with Crippen molar-refractivity contribution in [3.8, 4) is 5.75 Å². The highest BCUT2D eigenvalue weighted by Crippen LogP contribution is 2.29. The summed E-state index contributed by atoms with van der Waals surface area (Å²) in [5.74, 6) is -13.3. The molecule has 0 aromatic heterocycles. The van der Waals surface area contributed by atoms with Gasteiger partial charge in [0.05, 0.1) is 4.92 Å². The van der Waals surface area contributed by atoms with E-state index in [4.69, 9.17) is 0 Å². The van der Waals surface area contributed by atoms with E-state index in [1.165, 1.54) is 0 Å². The summed E-state index contributed by atoms with van der Waals surface area (Å²) in [7, 11) is -5.44. The number of nitro groups is 1. The van der Waals surface area contributed by atoms with Crippen molar-refractivity contribution >= 4 is 15.8 Å². The summed E-state index contributed by atoms with van der Waals surface area (Å²) >= 11 is 0. The fourth-order valence-corrected chi connectivity index (χ4v) is 2.66. The van der Waals surface area contributed by atoms with Crippen LogP contribution in [-0.2, 0) is 10.1 Å². The summed E-state index contributed by atoms with van der Waals surface area (Å²) in [4.78, 5) is 7.46. The Morgan fingerprint density at radius 2 is 1.25 bits per heavy atom. The van der Waals surface area contributed by atoms with E-state index in [0.29, 0.717) is 0 Å². The van der Waals surface area contributed by atoms with Crippen LogP contribution in [0.5, 0.6) is 5.75 Å². The Bertz CT molecular complexity index is 901. The molecule has 12 heteroatoms. The molecule has 0 N–H and O–H groups in total. The van der Waals surface area contributed by atoms with Crippen LogP contribution in [0.2, 0.25) is 0 Å². The molecule has 2 aromatic carbocycles. The van der Waals surface area contributed by atoms with Gasteiger partial charge in [-0.25, -0.2) is 22.0 Å². The number of benzene rings is 2. The normalized spacial score (nSPS) is 11.4. The van der Waals surface area contributed by atoms with Gasteiger partial charge in [-0.2, -0.15) is 8.42 Å². The monoisotopic (exact) mass is 369 g/mol. The Hall–Kier alpha value is -2.76. The zero-order chi connectivity index (χ0) is 18.2. The second-order valence-electron chi connectivity index (χ2n) is 4.19. The van der Waals surface area contributed by atoms with Gasteiger partial charge in [0.25, 0.3) is 5.69 Å². The van der Waals surface area contributed by atoms with E-state index in [1.807, 2.05) is 0 Å². The summed E-state index contributed by atoms with van der Waals surface area (Å²) in [6.07, 6.45) is 0. The Kier molecular flexibility index (Phi) is 4.42. The smallest absolute Gasteiger partial charge is 0.345 e. The number of nitrogens with zero attached hydrogens (tertiary/aromatic N) is 1. The molecule has 0 fully saturated rings. The van der Waals surface area contributed by atoms with Crippen molar-refractivity contribution in [2.45, 2.75) is 4.90 Å². The summed E-state index contributed by atoms with van der Waals surface area (Å²) in [5.41, 5.74) is -0.448. The van der Waals surface area contributed by atoms with Gasteiger partial charge in [-0.15, -0.1) is 0 Å². The highest BCUT2D eigenvalue weighted by molar-refractivity contribution is 7.87. The summed E-state index contributed by atoms with van der Waals surface area (Å²) in [5, 5.41) is 10.4. The van der Waals surface area contributed by atoms with Crippen molar-refractivity contribution in [2.75, 3.05) is 0 Å². The molecular weight excluding hydrogens is 365 g/mol. The summed E-state index contributed by atoms with van der Waals surface area (Å²) < 4.78 is 93.8. The molecule has 2 rings (SSSR count). The molecule has 0 radical (unpaired) electrons. The van der Waals surface area contributed by atoms with Crippen LogP contribution >= 0.6 is 0 Å². The lowest BCUT2D eigenvalue weighted by molar-refractivity contribution is -0.384. The molecule has 128 valence electrons. The molecule has 0 spiro atoms. The second kappa shape index (κ2) is 6.03. The lowest BCUT2D eigenvalue weighted by atomic mass is 10.3. The SMILES string of the molecule is O=[N+]([O-])c1ccc(OS(=O)(=O)c2c(F)c(F)c(F)c(F)c2F)cc1. The van der Waals surface area contributed by atoms with E-state index in [9.17, 15) is 40.5 Å². The first kappa shape index (κ1) is 17.6. The number of hydrogen-bond donors (Lipinski definition) is 0. The van der Waals surface area contributed by atoms with Crippen molar-refractivity contribution < 1.29 is 39.5 Å². The third kappa shape index (κ3) is 2.99. The van der Waals surface area contributed by atoms with Crippen LogP contribution in [0.25, 0.3) is 0 Å². The van der Waals surface area contributed by atoms with Crippen LogP contribution < -0.4 is 4.18 Å². The summed E-state index contributed by atoms with van der Waals surface area (Å²) in [6, 6.07) is 3.15. The standard InChI is InChI=1S/C12H4F5NO5S/c13-7-8(14)10(16)12(11(17)9(7)15)24(21,22)23-6-3-1-5(2-4-6)18(19)20/h1-4H. The van der Waals surface area contributed by atoms with E-state index >= 15 is 0 Å². The third-order valence-electron chi connectivity index (χ3n) is 2.67. The molecule has 24 heavy (non-hydrogen) atoms. The van der Waals surface area contributed by atoms with Gasteiger partial charge in [-0.3, -0.25) is 10.1 Å². The van der Waals surface area contributed by atoms with Gasteiger partial charge in [-0.05, 0) is 12.1 Å². The fourth-order valence-electron chi connectivity index (χ4n) is 1.60. The minimum atomic E-state index is -5.44. The predicted octanol–water partition coefficient (Wildman–Crippen LogP) is 3.06. The van der Waals surface area contributed by atoms with Gasteiger partial charge in [0.1, 0.15) is 5.75 Å². The van der Waals surface area contributed by atoms with Gasteiger partial charge in [-0.1, -0.05) is 0 Å². The fraction of sp³-hybridized carbons (Fsp3) is 0.